The zero-order valence-electron chi connectivity index (χ0n) is 14.7. The molecule has 1 aromatic rings. The van der Waals surface area contributed by atoms with Crippen molar-refractivity contribution in [3.63, 3.8) is 0 Å². The number of hydrogen-bond donors (Lipinski definition) is 1. The fourth-order valence-electron chi connectivity index (χ4n) is 3.65. The summed E-state index contributed by atoms with van der Waals surface area (Å²) >= 11 is 0. The maximum Gasteiger partial charge on any atom is 0.239 e. The van der Waals surface area contributed by atoms with Crippen molar-refractivity contribution in [2.75, 3.05) is 32.8 Å². The highest BCUT2D eigenvalue weighted by Gasteiger charge is 2.33. The van der Waals surface area contributed by atoms with Gasteiger partial charge in [0, 0.05) is 38.6 Å². The molecule has 2 aliphatic rings. The molecule has 2 fully saturated rings. The van der Waals surface area contributed by atoms with Gasteiger partial charge >= 0.3 is 0 Å². The number of carbonyl (C=O) groups excluding carboxylic acids is 2. The van der Waals surface area contributed by atoms with Crippen LogP contribution in [-0.4, -0.2) is 76.3 Å². The Balaban J connectivity index is 1.56. The van der Waals surface area contributed by atoms with Gasteiger partial charge in [0.05, 0.1) is 31.2 Å². The van der Waals surface area contributed by atoms with Crippen molar-refractivity contribution in [3.8, 4) is 0 Å². The SMILES string of the molecule is C[C@H](C(=O)N1CCC[C@@H](C(N)=O)C1)N1CCO[C@H](Cn2cccn2)C1. The van der Waals surface area contributed by atoms with Crippen LogP contribution in [0.5, 0.6) is 0 Å². The Morgan fingerprint density at radius 3 is 2.92 bits per heavy atom. The molecule has 0 bridgehead atoms. The van der Waals surface area contributed by atoms with Gasteiger partial charge in [-0.15, -0.1) is 0 Å². The molecule has 0 aromatic carbocycles. The highest BCUT2D eigenvalue weighted by atomic mass is 16.5. The number of amides is 2. The summed E-state index contributed by atoms with van der Waals surface area (Å²) in [5.74, 6) is -0.455. The number of nitrogens with zero attached hydrogens (tertiary/aromatic N) is 4. The van der Waals surface area contributed by atoms with E-state index in [1.807, 2.05) is 23.9 Å². The van der Waals surface area contributed by atoms with Crippen LogP contribution in [0.4, 0.5) is 0 Å². The van der Waals surface area contributed by atoms with Crippen LogP contribution >= 0.6 is 0 Å². The average Bonchev–Trinajstić information content (AvgIpc) is 3.13. The third-order valence-electron chi connectivity index (χ3n) is 5.16. The maximum absolute atomic E-state index is 12.9. The standard InChI is InChI=1S/C17H27N5O3/c1-13(17(24)21-6-2-4-14(10-21)16(18)23)20-8-9-25-15(11-20)12-22-7-3-5-19-22/h3,5,7,13-15H,2,4,6,8-12H2,1H3,(H2,18,23)/t13-,14-,15+/m1/s1. The van der Waals surface area contributed by atoms with Gasteiger partial charge in [0.1, 0.15) is 0 Å². The Kier molecular flexibility index (Phi) is 5.70. The molecule has 2 N–H and O–H groups in total. The minimum atomic E-state index is -0.309. The first-order valence-corrected chi connectivity index (χ1v) is 8.96. The molecule has 138 valence electrons. The molecule has 25 heavy (non-hydrogen) atoms. The van der Waals surface area contributed by atoms with Crippen LogP contribution in [0.3, 0.4) is 0 Å². The molecule has 2 amide bonds. The molecule has 3 atom stereocenters. The number of primary amides is 1. The molecule has 3 heterocycles. The van der Waals surface area contributed by atoms with Gasteiger partial charge in [-0.25, -0.2) is 0 Å². The molecule has 8 nitrogen and oxygen atoms in total. The molecular formula is C17H27N5O3. The van der Waals surface area contributed by atoms with Crippen LogP contribution in [-0.2, 0) is 20.9 Å². The van der Waals surface area contributed by atoms with E-state index in [9.17, 15) is 9.59 Å². The van der Waals surface area contributed by atoms with Crippen molar-refractivity contribution in [3.05, 3.63) is 18.5 Å². The number of piperidine rings is 1. The Hall–Kier alpha value is -1.93. The van der Waals surface area contributed by atoms with E-state index < -0.39 is 0 Å². The van der Waals surface area contributed by atoms with Crippen LogP contribution in [0, 0.1) is 5.92 Å². The van der Waals surface area contributed by atoms with E-state index in [0.29, 0.717) is 32.8 Å². The van der Waals surface area contributed by atoms with Crippen LogP contribution in [0.15, 0.2) is 18.5 Å². The van der Waals surface area contributed by atoms with Crippen molar-refractivity contribution >= 4 is 11.8 Å². The Labute approximate surface area is 147 Å². The van der Waals surface area contributed by atoms with E-state index in [1.165, 1.54) is 0 Å². The zero-order valence-corrected chi connectivity index (χ0v) is 14.7. The number of carbonyl (C=O) groups is 2. The summed E-state index contributed by atoms with van der Waals surface area (Å²) in [5, 5.41) is 4.21. The van der Waals surface area contributed by atoms with E-state index in [1.54, 1.807) is 11.1 Å². The van der Waals surface area contributed by atoms with Crippen molar-refractivity contribution in [1.29, 1.82) is 0 Å². The molecule has 0 unspecified atom stereocenters. The predicted octanol–water partition coefficient (Wildman–Crippen LogP) is -0.304. The molecule has 0 spiro atoms. The van der Waals surface area contributed by atoms with Gasteiger partial charge in [-0.2, -0.15) is 5.10 Å². The molecule has 0 saturated carbocycles. The van der Waals surface area contributed by atoms with Gasteiger partial charge < -0.3 is 15.4 Å². The Morgan fingerprint density at radius 2 is 2.20 bits per heavy atom. The summed E-state index contributed by atoms with van der Waals surface area (Å²) in [6, 6.07) is 1.66. The smallest absolute Gasteiger partial charge is 0.239 e. The lowest BCUT2D eigenvalue weighted by Crippen LogP contribution is -2.55. The van der Waals surface area contributed by atoms with E-state index in [-0.39, 0.29) is 29.9 Å². The van der Waals surface area contributed by atoms with Crippen LogP contribution in [0.1, 0.15) is 19.8 Å². The van der Waals surface area contributed by atoms with Crippen molar-refractivity contribution in [2.24, 2.45) is 11.7 Å². The largest absolute Gasteiger partial charge is 0.374 e. The quantitative estimate of drug-likeness (QED) is 0.787. The number of nitrogens with two attached hydrogens (primary N) is 1. The van der Waals surface area contributed by atoms with Gasteiger partial charge in [-0.1, -0.05) is 0 Å². The lowest BCUT2D eigenvalue weighted by Gasteiger charge is -2.39. The van der Waals surface area contributed by atoms with E-state index in [4.69, 9.17) is 10.5 Å². The fraction of sp³-hybridized carbons (Fsp3) is 0.706. The highest BCUT2D eigenvalue weighted by Crippen LogP contribution is 2.19. The van der Waals surface area contributed by atoms with Crippen LogP contribution in [0.2, 0.25) is 0 Å². The molecule has 1 aromatic heterocycles. The summed E-state index contributed by atoms with van der Waals surface area (Å²) in [6.45, 7) is 5.79. The average molecular weight is 349 g/mol. The number of morpholine rings is 1. The van der Waals surface area contributed by atoms with Crippen LogP contribution in [0.25, 0.3) is 0 Å². The van der Waals surface area contributed by atoms with E-state index in [2.05, 4.69) is 10.00 Å². The first-order chi connectivity index (χ1) is 12.0. The second-order valence-corrected chi connectivity index (χ2v) is 6.92. The zero-order chi connectivity index (χ0) is 17.8. The van der Waals surface area contributed by atoms with Crippen molar-refractivity contribution in [1.82, 2.24) is 19.6 Å². The summed E-state index contributed by atoms with van der Waals surface area (Å²) < 4.78 is 7.67. The first-order valence-electron chi connectivity index (χ1n) is 8.96. The number of rotatable bonds is 5. The summed E-state index contributed by atoms with van der Waals surface area (Å²) in [7, 11) is 0. The number of ether oxygens (including phenoxy) is 1. The fourth-order valence-corrected chi connectivity index (χ4v) is 3.65. The highest BCUT2D eigenvalue weighted by molar-refractivity contribution is 5.83. The lowest BCUT2D eigenvalue weighted by atomic mass is 9.97. The van der Waals surface area contributed by atoms with Crippen LogP contribution < -0.4 is 5.73 Å². The van der Waals surface area contributed by atoms with Gasteiger partial charge in [0.2, 0.25) is 11.8 Å². The minimum Gasteiger partial charge on any atom is -0.374 e. The van der Waals surface area contributed by atoms with Gasteiger partial charge in [0.15, 0.2) is 0 Å². The minimum absolute atomic E-state index is 0.0172. The second-order valence-electron chi connectivity index (χ2n) is 6.92. The summed E-state index contributed by atoms with van der Waals surface area (Å²) in [5.41, 5.74) is 5.42. The molecule has 3 rings (SSSR count). The molecule has 8 heteroatoms. The number of likely N-dealkylation sites (tertiary alicyclic amines) is 1. The normalized spacial score (nSPS) is 26.4. The van der Waals surface area contributed by atoms with Crippen molar-refractivity contribution in [2.45, 2.75) is 38.5 Å². The van der Waals surface area contributed by atoms with Gasteiger partial charge in [0.25, 0.3) is 0 Å². The van der Waals surface area contributed by atoms with Gasteiger partial charge in [-0.3, -0.25) is 19.2 Å². The predicted molar refractivity (Wildman–Crippen MR) is 91.5 cm³/mol. The summed E-state index contributed by atoms with van der Waals surface area (Å²) in [4.78, 5) is 28.3. The van der Waals surface area contributed by atoms with E-state index in [0.717, 1.165) is 19.4 Å². The molecule has 2 saturated heterocycles. The lowest BCUT2D eigenvalue weighted by molar-refractivity contribution is -0.142. The number of aromatic nitrogens is 2. The topological polar surface area (TPSA) is 93.7 Å². The molecule has 2 aliphatic heterocycles. The first kappa shape index (κ1) is 17.9. The maximum atomic E-state index is 12.9. The van der Waals surface area contributed by atoms with Gasteiger partial charge in [-0.05, 0) is 25.8 Å². The Morgan fingerprint density at radius 1 is 1.36 bits per heavy atom. The third kappa shape index (κ3) is 4.38. The molecular weight excluding hydrogens is 322 g/mol. The summed E-state index contributed by atoms with van der Waals surface area (Å²) in [6.07, 6.45) is 5.28. The Bertz CT molecular complexity index is 591. The third-order valence-corrected chi connectivity index (χ3v) is 5.16. The second kappa shape index (κ2) is 7.97. The van der Waals surface area contributed by atoms with Crippen molar-refractivity contribution < 1.29 is 14.3 Å². The molecule has 0 radical (unpaired) electrons. The molecule has 0 aliphatic carbocycles. The monoisotopic (exact) mass is 349 g/mol. The van der Waals surface area contributed by atoms with E-state index >= 15 is 0 Å². The number of hydrogen-bond acceptors (Lipinski definition) is 5.